The summed E-state index contributed by atoms with van der Waals surface area (Å²) in [4.78, 5) is 1.05. The molecule has 0 fully saturated rings. The Labute approximate surface area is 100 Å². The Balaban J connectivity index is 2.50. The number of hydrogen-bond acceptors (Lipinski definition) is 4. The standard InChI is InChI=1S/C12H18O3S/c1-9(13)10-4-3-5-12(6-10)16-8-11(14)7-15-2/h3-6,9,11,13-14H,7-8H2,1-2H3. The summed E-state index contributed by atoms with van der Waals surface area (Å²) in [6.07, 6.45) is -0.908. The quantitative estimate of drug-likeness (QED) is 0.747. The highest BCUT2D eigenvalue weighted by molar-refractivity contribution is 7.99. The van der Waals surface area contributed by atoms with Crippen LogP contribution in [0.3, 0.4) is 0 Å². The van der Waals surface area contributed by atoms with Gasteiger partial charge in [0.25, 0.3) is 0 Å². The fourth-order valence-corrected chi connectivity index (χ4v) is 2.17. The van der Waals surface area contributed by atoms with E-state index in [4.69, 9.17) is 4.74 Å². The molecule has 0 aromatic heterocycles. The number of aliphatic hydroxyl groups is 2. The molecule has 4 heteroatoms. The normalized spacial score (nSPS) is 14.8. The lowest BCUT2D eigenvalue weighted by molar-refractivity contribution is 0.0794. The van der Waals surface area contributed by atoms with Crippen LogP contribution in [0.15, 0.2) is 29.2 Å². The Kier molecular flexibility index (Phi) is 5.84. The number of rotatable bonds is 6. The Morgan fingerprint density at radius 2 is 2.12 bits per heavy atom. The summed E-state index contributed by atoms with van der Waals surface area (Å²) in [6, 6.07) is 7.71. The SMILES string of the molecule is COCC(O)CSc1cccc(C(C)O)c1. The molecule has 0 spiro atoms. The summed E-state index contributed by atoms with van der Waals surface area (Å²) in [7, 11) is 1.57. The van der Waals surface area contributed by atoms with Crippen molar-refractivity contribution < 1.29 is 14.9 Å². The highest BCUT2D eigenvalue weighted by atomic mass is 32.2. The van der Waals surface area contributed by atoms with Crippen LogP contribution in [-0.2, 0) is 4.74 Å². The molecule has 1 rings (SSSR count). The fraction of sp³-hybridized carbons (Fsp3) is 0.500. The van der Waals surface area contributed by atoms with Gasteiger partial charge in [-0.15, -0.1) is 11.8 Å². The summed E-state index contributed by atoms with van der Waals surface area (Å²) < 4.78 is 4.85. The molecule has 0 aliphatic carbocycles. The van der Waals surface area contributed by atoms with Crippen LogP contribution in [0.1, 0.15) is 18.6 Å². The number of ether oxygens (including phenoxy) is 1. The maximum absolute atomic E-state index is 9.49. The molecule has 0 saturated heterocycles. The topological polar surface area (TPSA) is 49.7 Å². The maximum Gasteiger partial charge on any atom is 0.0867 e. The maximum atomic E-state index is 9.49. The van der Waals surface area contributed by atoms with E-state index in [2.05, 4.69) is 0 Å². The van der Waals surface area contributed by atoms with Gasteiger partial charge < -0.3 is 14.9 Å². The van der Waals surface area contributed by atoms with E-state index in [0.29, 0.717) is 12.4 Å². The molecule has 0 bridgehead atoms. The Bertz CT molecular complexity index is 315. The largest absolute Gasteiger partial charge is 0.390 e. The molecule has 0 radical (unpaired) electrons. The second-order valence-electron chi connectivity index (χ2n) is 3.67. The predicted molar refractivity (Wildman–Crippen MR) is 65.7 cm³/mol. The van der Waals surface area contributed by atoms with E-state index in [1.54, 1.807) is 25.8 Å². The van der Waals surface area contributed by atoms with Crippen molar-refractivity contribution in [3.05, 3.63) is 29.8 Å². The van der Waals surface area contributed by atoms with Crippen LogP contribution in [0.25, 0.3) is 0 Å². The lowest BCUT2D eigenvalue weighted by atomic mass is 10.1. The minimum absolute atomic E-state index is 0.350. The molecular weight excluding hydrogens is 224 g/mol. The summed E-state index contributed by atoms with van der Waals surface area (Å²) >= 11 is 1.56. The molecular formula is C12H18O3S. The van der Waals surface area contributed by atoms with Gasteiger partial charge in [-0.2, -0.15) is 0 Å². The first-order valence-electron chi connectivity index (χ1n) is 5.21. The molecule has 16 heavy (non-hydrogen) atoms. The summed E-state index contributed by atoms with van der Waals surface area (Å²) in [5.41, 5.74) is 0.895. The smallest absolute Gasteiger partial charge is 0.0867 e. The lowest BCUT2D eigenvalue weighted by Crippen LogP contribution is -2.16. The zero-order chi connectivity index (χ0) is 12.0. The first kappa shape index (κ1) is 13.5. The predicted octanol–water partition coefficient (Wildman–Crippen LogP) is 1.84. The van der Waals surface area contributed by atoms with Gasteiger partial charge in [0.2, 0.25) is 0 Å². The molecule has 2 atom stereocenters. The average Bonchev–Trinajstić information content (AvgIpc) is 2.27. The first-order chi connectivity index (χ1) is 7.63. The second-order valence-corrected chi connectivity index (χ2v) is 4.76. The van der Waals surface area contributed by atoms with E-state index in [9.17, 15) is 10.2 Å². The van der Waals surface area contributed by atoms with Crippen molar-refractivity contribution in [3.8, 4) is 0 Å². The minimum Gasteiger partial charge on any atom is -0.390 e. The van der Waals surface area contributed by atoms with E-state index in [1.165, 1.54) is 0 Å². The van der Waals surface area contributed by atoms with Crippen molar-refractivity contribution in [2.45, 2.75) is 24.0 Å². The van der Waals surface area contributed by atoms with Crippen molar-refractivity contribution in [1.29, 1.82) is 0 Å². The number of benzene rings is 1. The molecule has 3 nitrogen and oxygen atoms in total. The van der Waals surface area contributed by atoms with Crippen LogP contribution in [0.5, 0.6) is 0 Å². The van der Waals surface area contributed by atoms with Gasteiger partial charge in [-0.05, 0) is 24.6 Å². The van der Waals surface area contributed by atoms with Crippen LogP contribution in [0, 0.1) is 0 Å². The fourth-order valence-electron chi connectivity index (χ4n) is 1.30. The van der Waals surface area contributed by atoms with Crippen molar-refractivity contribution >= 4 is 11.8 Å². The van der Waals surface area contributed by atoms with Gasteiger partial charge in [-0.1, -0.05) is 12.1 Å². The summed E-state index contributed by atoms with van der Waals surface area (Å²) in [5.74, 6) is 0.594. The van der Waals surface area contributed by atoms with Crippen LogP contribution in [-0.4, -0.2) is 35.8 Å². The number of hydrogen-bond donors (Lipinski definition) is 2. The van der Waals surface area contributed by atoms with Crippen molar-refractivity contribution in [2.75, 3.05) is 19.5 Å². The van der Waals surface area contributed by atoms with Gasteiger partial charge in [0, 0.05) is 17.8 Å². The molecule has 0 aliphatic heterocycles. The van der Waals surface area contributed by atoms with Gasteiger partial charge in [0.05, 0.1) is 18.8 Å². The van der Waals surface area contributed by atoms with Gasteiger partial charge in [0.1, 0.15) is 0 Å². The van der Waals surface area contributed by atoms with Crippen molar-refractivity contribution in [2.24, 2.45) is 0 Å². The monoisotopic (exact) mass is 242 g/mol. The van der Waals surface area contributed by atoms with Crippen LogP contribution >= 0.6 is 11.8 Å². The second kappa shape index (κ2) is 6.91. The summed E-state index contributed by atoms with van der Waals surface area (Å²) in [6.45, 7) is 2.09. The number of methoxy groups -OCH3 is 1. The molecule has 2 N–H and O–H groups in total. The van der Waals surface area contributed by atoms with Gasteiger partial charge in [0.15, 0.2) is 0 Å². The van der Waals surface area contributed by atoms with E-state index in [1.807, 2.05) is 24.3 Å². The molecule has 90 valence electrons. The van der Waals surface area contributed by atoms with E-state index in [0.717, 1.165) is 10.5 Å². The third kappa shape index (κ3) is 4.53. The van der Waals surface area contributed by atoms with E-state index in [-0.39, 0.29) is 0 Å². The first-order valence-corrected chi connectivity index (χ1v) is 6.20. The highest BCUT2D eigenvalue weighted by Crippen LogP contribution is 2.22. The summed E-state index contributed by atoms with van der Waals surface area (Å²) in [5, 5.41) is 18.9. The highest BCUT2D eigenvalue weighted by Gasteiger charge is 2.06. The molecule has 0 heterocycles. The Morgan fingerprint density at radius 1 is 1.38 bits per heavy atom. The third-order valence-electron chi connectivity index (χ3n) is 2.14. The number of thioether (sulfide) groups is 1. The van der Waals surface area contributed by atoms with Crippen molar-refractivity contribution in [3.63, 3.8) is 0 Å². The van der Waals surface area contributed by atoms with Gasteiger partial charge in [-0.25, -0.2) is 0 Å². The zero-order valence-corrected chi connectivity index (χ0v) is 10.4. The Morgan fingerprint density at radius 3 is 2.75 bits per heavy atom. The lowest BCUT2D eigenvalue weighted by Gasteiger charge is -2.10. The van der Waals surface area contributed by atoms with Crippen LogP contribution < -0.4 is 0 Å². The minimum atomic E-state index is -0.454. The van der Waals surface area contributed by atoms with E-state index < -0.39 is 12.2 Å². The van der Waals surface area contributed by atoms with Gasteiger partial charge in [-0.3, -0.25) is 0 Å². The average molecular weight is 242 g/mol. The molecule has 0 saturated carbocycles. The molecule has 0 aliphatic rings. The Hall–Kier alpha value is -0.550. The molecule has 1 aromatic carbocycles. The molecule has 1 aromatic rings. The van der Waals surface area contributed by atoms with Gasteiger partial charge >= 0.3 is 0 Å². The zero-order valence-electron chi connectivity index (χ0n) is 9.59. The van der Waals surface area contributed by atoms with Crippen molar-refractivity contribution in [1.82, 2.24) is 0 Å². The third-order valence-corrected chi connectivity index (χ3v) is 3.28. The number of aliphatic hydroxyl groups excluding tert-OH is 2. The van der Waals surface area contributed by atoms with Crippen LogP contribution in [0.4, 0.5) is 0 Å². The van der Waals surface area contributed by atoms with E-state index >= 15 is 0 Å². The molecule has 0 amide bonds. The molecule has 2 unspecified atom stereocenters. The van der Waals surface area contributed by atoms with Crippen LogP contribution in [0.2, 0.25) is 0 Å².